The van der Waals surface area contributed by atoms with Gasteiger partial charge in [0.15, 0.2) is 18.1 Å². The molecule has 130 valence electrons. The molecule has 0 saturated heterocycles. The van der Waals surface area contributed by atoms with Gasteiger partial charge in [-0.05, 0) is 30.3 Å². The Kier molecular flexibility index (Phi) is 3.96. The number of nitrogens with one attached hydrogen (secondary N) is 1. The van der Waals surface area contributed by atoms with Gasteiger partial charge in [0.25, 0.3) is 5.91 Å². The van der Waals surface area contributed by atoms with E-state index in [1.54, 1.807) is 43.4 Å². The quantitative estimate of drug-likeness (QED) is 0.905. The first kappa shape index (κ1) is 15.8. The Labute approximate surface area is 147 Å². The molecule has 1 amide bonds. The molecule has 4 rings (SSSR count). The molecule has 0 bridgehead atoms. The molecule has 0 saturated carbocycles. The van der Waals surface area contributed by atoms with E-state index in [2.05, 4.69) is 4.72 Å². The van der Waals surface area contributed by atoms with Gasteiger partial charge in [-0.3, -0.25) is 4.79 Å². The third-order valence-corrected chi connectivity index (χ3v) is 5.09. The average molecular weight is 360 g/mol. The Bertz CT molecular complexity index is 870. The van der Waals surface area contributed by atoms with E-state index in [9.17, 15) is 9.00 Å². The number of fused-ring (bicyclic) bond motifs is 2. The van der Waals surface area contributed by atoms with E-state index in [-0.39, 0.29) is 12.5 Å². The highest BCUT2D eigenvalue weighted by Crippen LogP contribution is 2.35. The van der Waals surface area contributed by atoms with E-state index in [1.807, 2.05) is 0 Å². The average Bonchev–Trinajstić information content (AvgIpc) is 2.64. The van der Waals surface area contributed by atoms with Crippen LogP contribution in [0.4, 0.5) is 11.4 Å². The molecule has 2 aromatic rings. The summed E-state index contributed by atoms with van der Waals surface area (Å²) in [4.78, 5) is 13.8. The zero-order valence-corrected chi connectivity index (χ0v) is 14.3. The summed E-state index contributed by atoms with van der Waals surface area (Å²) in [6.45, 7) is 1.03. The van der Waals surface area contributed by atoms with Crippen molar-refractivity contribution in [1.82, 2.24) is 0 Å². The predicted molar refractivity (Wildman–Crippen MR) is 92.8 cm³/mol. The fourth-order valence-electron chi connectivity index (χ4n) is 2.64. The summed E-state index contributed by atoms with van der Waals surface area (Å²) in [5.74, 6) is 1.75. The number of amides is 1. The molecular weight excluding hydrogens is 344 g/mol. The van der Waals surface area contributed by atoms with E-state index in [1.165, 1.54) is 4.90 Å². The van der Waals surface area contributed by atoms with Crippen molar-refractivity contribution in [2.45, 2.75) is 4.90 Å². The molecule has 1 atom stereocenters. The van der Waals surface area contributed by atoms with Crippen LogP contribution in [-0.4, -0.2) is 37.0 Å². The van der Waals surface area contributed by atoms with Gasteiger partial charge in [0.05, 0.1) is 16.3 Å². The fourth-order valence-corrected chi connectivity index (χ4v) is 3.51. The van der Waals surface area contributed by atoms with Gasteiger partial charge in [-0.2, -0.15) is 0 Å². The molecule has 0 fully saturated rings. The maximum absolute atomic E-state index is 12.6. The van der Waals surface area contributed by atoms with Crippen molar-refractivity contribution >= 4 is 28.3 Å². The second-order valence-corrected chi connectivity index (χ2v) is 6.81. The smallest absolute Gasteiger partial charge is 0.264 e. The molecule has 2 aromatic carbocycles. The van der Waals surface area contributed by atoms with Crippen molar-refractivity contribution in [1.29, 1.82) is 0 Å². The summed E-state index contributed by atoms with van der Waals surface area (Å²) in [7, 11) is 0.172. The van der Waals surface area contributed by atoms with E-state index in [4.69, 9.17) is 14.2 Å². The van der Waals surface area contributed by atoms with Crippen molar-refractivity contribution < 1.29 is 23.2 Å². The Morgan fingerprint density at radius 2 is 1.76 bits per heavy atom. The van der Waals surface area contributed by atoms with Crippen LogP contribution in [0.25, 0.3) is 0 Å². The first-order chi connectivity index (χ1) is 12.1. The maximum Gasteiger partial charge on any atom is 0.264 e. The summed E-state index contributed by atoms with van der Waals surface area (Å²) >= 11 is 0. The van der Waals surface area contributed by atoms with Gasteiger partial charge < -0.3 is 23.8 Å². The summed E-state index contributed by atoms with van der Waals surface area (Å²) in [5.41, 5.74) is 1.26. The lowest BCUT2D eigenvalue weighted by Gasteiger charge is -2.26. The van der Waals surface area contributed by atoms with Gasteiger partial charge in [0.2, 0.25) is 0 Å². The van der Waals surface area contributed by atoms with Gasteiger partial charge in [-0.15, -0.1) is 0 Å². The van der Waals surface area contributed by atoms with Crippen molar-refractivity contribution in [3.05, 3.63) is 36.4 Å². The fraction of sp³-hybridized carbons (Fsp3) is 0.235. The maximum atomic E-state index is 12.6. The molecule has 8 heteroatoms. The predicted octanol–water partition coefficient (Wildman–Crippen LogP) is 1.95. The van der Waals surface area contributed by atoms with Crippen LogP contribution in [0, 0.1) is 0 Å². The SMILES string of the molecule is CN1C(=O)COc2ccc(S(=O)Nc3ccc4c(c3)OCCO4)cc21. The lowest BCUT2D eigenvalue weighted by atomic mass is 10.2. The molecule has 25 heavy (non-hydrogen) atoms. The molecule has 1 unspecified atom stereocenters. The molecule has 2 heterocycles. The number of rotatable bonds is 3. The van der Waals surface area contributed by atoms with Crippen LogP contribution in [0.15, 0.2) is 41.3 Å². The molecule has 2 aliphatic heterocycles. The normalized spacial score (nSPS) is 16.7. The van der Waals surface area contributed by atoms with Gasteiger partial charge in [-0.1, -0.05) is 0 Å². The Morgan fingerprint density at radius 3 is 2.60 bits per heavy atom. The Hall–Kier alpha value is -2.74. The van der Waals surface area contributed by atoms with Crippen LogP contribution in [0.3, 0.4) is 0 Å². The largest absolute Gasteiger partial charge is 0.486 e. The monoisotopic (exact) mass is 360 g/mol. The Balaban J connectivity index is 1.56. The number of nitrogens with zero attached hydrogens (tertiary/aromatic N) is 1. The number of carbonyl (C=O) groups excluding carboxylic acids is 1. The molecule has 0 spiro atoms. The van der Waals surface area contributed by atoms with Crippen LogP contribution in [0.1, 0.15) is 0 Å². The lowest BCUT2D eigenvalue weighted by Crippen LogP contribution is -2.35. The summed E-state index contributed by atoms with van der Waals surface area (Å²) in [5, 5.41) is 0. The third-order valence-electron chi connectivity index (χ3n) is 3.98. The minimum Gasteiger partial charge on any atom is -0.486 e. The highest BCUT2D eigenvalue weighted by molar-refractivity contribution is 7.86. The minimum atomic E-state index is -1.50. The van der Waals surface area contributed by atoms with Gasteiger partial charge in [0.1, 0.15) is 29.9 Å². The standard InChI is InChI=1S/C17H16N2O5S/c1-19-13-9-12(3-5-14(13)24-10-17(19)20)25(21)18-11-2-4-15-16(8-11)23-7-6-22-15/h2-5,8-9,18H,6-7,10H2,1H3. The highest BCUT2D eigenvalue weighted by Gasteiger charge is 2.23. The molecule has 0 radical (unpaired) electrons. The van der Waals surface area contributed by atoms with E-state index < -0.39 is 11.0 Å². The number of hydrogen-bond acceptors (Lipinski definition) is 5. The second-order valence-electron chi connectivity index (χ2n) is 5.60. The van der Waals surface area contributed by atoms with Crippen molar-refractivity contribution in [3.8, 4) is 17.2 Å². The molecule has 2 aliphatic rings. The van der Waals surface area contributed by atoms with Gasteiger partial charge in [0, 0.05) is 13.1 Å². The van der Waals surface area contributed by atoms with Crippen LogP contribution in [-0.2, 0) is 15.8 Å². The molecule has 0 aliphatic carbocycles. The number of benzene rings is 2. The minimum absolute atomic E-state index is 0.0153. The number of ether oxygens (including phenoxy) is 3. The van der Waals surface area contributed by atoms with Gasteiger partial charge >= 0.3 is 0 Å². The first-order valence-electron chi connectivity index (χ1n) is 7.73. The van der Waals surface area contributed by atoms with E-state index >= 15 is 0 Å². The van der Waals surface area contributed by atoms with E-state index in [0.29, 0.717) is 46.7 Å². The summed E-state index contributed by atoms with van der Waals surface area (Å²) in [6.07, 6.45) is 0. The number of hydrogen-bond donors (Lipinski definition) is 1. The first-order valence-corrected chi connectivity index (χ1v) is 8.88. The second kappa shape index (κ2) is 6.29. The Morgan fingerprint density at radius 1 is 1.00 bits per heavy atom. The molecule has 0 aromatic heterocycles. The zero-order valence-electron chi connectivity index (χ0n) is 13.5. The topological polar surface area (TPSA) is 77.1 Å². The van der Waals surface area contributed by atoms with Gasteiger partial charge in [-0.25, -0.2) is 4.21 Å². The van der Waals surface area contributed by atoms with Crippen LogP contribution in [0.5, 0.6) is 17.2 Å². The number of carbonyl (C=O) groups is 1. The highest BCUT2D eigenvalue weighted by atomic mass is 32.2. The number of likely N-dealkylation sites (N-methyl/N-ethyl adjacent to an activating group) is 1. The summed E-state index contributed by atoms with van der Waals surface area (Å²) in [6, 6.07) is 10.4. The van der Waals surface area contributed by atoms with Crippen LogP contribution >= 0.6 is 0 Å². The molecular formula is C17H16N2O5S. The van der Waals surface area contributed by atoms with Crippen molar-refractivity contribution in [3.63, 3.8) is 0 Å². The third kappa shape index (κ3) is 3.00. The lowest BCUT2D eigenvalue weighted by molar-refractivity contribution is -0.120. The van der Waals surface area contributed by atoms with Crippen LogP contribution in [0.2, 0.25) is 0 Å². The zero-order chi connectivity index (χ0) is 17.4. The van der Waals surface area contributed by atoms with Crippen molar-refractivity contribution in [2.24, 2.45) is 0 Å². The van der Waals surface area contributed by atoms with E-state index in [0.717, 1.165) is 0 Å². The molecule has 7 nitrogen and oxygen atoms in total. The molecule has 1 N–H and O–H groups in total. The summed E-state index contributed by atoms with van der Waals surface area (Å²) < 4.78 is 32.0. The van der Waals surface area contributed by atoms with Crippen molar-refractivity contribution in [2.75, 3.05) is 36.5 Å². The number of anilines is 2. The van der Waals surface area contributed by atoms with Crippen LogP contribution < -0.4 is 23.8 Å².